The van der Waals surface area contributed by atoms with E-state index in [9.17, 15) is 8.42 Å². The van der Waals surface area contributed by atoms with E-state index >= 15 is 0 Å². The lowest BCUT2D eigenvalue weighted by atomic mass is 10.3. The third kappa shape index (κ3) is 3.74. The lowest BCUT2D eigenvalue weighted by Gasteiger charge is -2.10. The van der Waals surface area contributed by atoms with Gasteiger partial charge in [-0.05, 0) is 26.2 Å². The van der Waals surface area contributed by atoms with Crippen molar-refractivity contribution in [2.24, 2.45) is 0 Å². The summed E-state index contributed by atoms with van der Waals surface area (Å²) >= 11 is 0. The molecule has 0 radical (unpaired) electrons. The van der Waals surface area contributed by atoms with Crippen molar-refractivity contribution in [2.45, 2.75) is 69.6 Å². The molecule has 5 nitrogen and oxygen atoms in total. The number of hydrogen-bond acceptors (Lipinski definition) is 4. The van der Waals surface area contributed by atoms with Crippen molar-refractivity contribution < 1.29 is 13.2 Å². The van der Waals surface area contributed by atoms with Crippen LogP contribution < -0.4 is 0 Å². The van der Waals surface area contributed by atoms with E-state index in [0.29, 0.717) is 5.69 Å². The second-order valence-corrected chi connectivity index (χ2v) is 7.86. The van der Waals surface area contributed by atoms with E-state index in [1.54, 1.807) is 10.9 Å². The van der Waals surface area contributed by atoms with Crippen LogP contribution in [0.1, 0.15) is 57.7 Å². The Hall–Kier alpha value is -0.590. The van der Waals surface area contributed by atoms with Crippen LogP contribution in [0.5, 0.6) is 0 Å². The first-order chi connectivity index (χ1) is 9.41. The Balaban J connectivity index is 2.23. The van der Waals surface area contributed by atoms with Gasteiger partial charge in [0.15, 0.2) is 0 Å². The molecule has 0 aromatic carbocycles. The minimum Gasteiger partial charge on any atom is -0.372 e. The van der Waals surface area contributed by atoms with Gasteiger partial charge in [-0.2, -0.15) is 5.10 Å². The summed E-state index contributed by atoms with van der Waals surface area (Å²) in [5.74, 6) is 0. The normalized spacial score (nSPS) is 18.6. The zero-order valence-electron chi connectivity index (χ0n) is 11.9. The molecule has 1 aliphatic rings. The topological polar surface area (TPSA) is 61.2 Å². The molecule has 0 unspecified atom stereocenters. The Bertz CT molecular complexity index is 550. The highest BCUT2D eigenvalue weighted by Crippen LogP contribution is 2.31. The number of ether oxygens (including phenoxy) is 1. The minimum atomic E-state index is -3.79. The average Bonchev–Trinajstić information content (AvgIpc) is 3.03. The molecule has 0 aliphatic heterocycles. The highest BCUT2D eigenvalue weighted by atomic mass is 35.7. The van der Waals surface area contributed by atoms with Crippen LogP contribution >= 0.6 is 10.7 Å². The summed E-state index contributed by atoms with van der Waals surface area (Å²) in [5, 5.41) is 4.39. The van der Waals surface area contributed by atoms with Crippen LogP contribution in [0, 0.1) is 0 Å². The van der Waals surface area contributed by atoms with Crippen LogP contribution in [-0.2, 0) is 20.4 Å². The summed E-state index contributed by atoms with van der Waals surface area (Å²) in [5.41, 5.74) is 0.409. The summed E-state index contributed by atoms with van der Waals surface area (Å²) in [4.78, 5) is 0.0781. The predicted octanol–water partition coefficient (Wildman–Crippen LogP) is 3.24. The number of hydrogen-bond donors (Lipinski definition) is 0. The van der Waals surface area contributed by atoms with Crippen molar-refractivity contribution >= 4 is 19.7 Å². The lowest BCUT2D eigenvalue weighted by molar-refractivity contribution is 0.0473. The number of halogens is 1. The second-order valence-electron chi connectivity index (χ2n) is 5.33. The first-order valence-corrected chi connectivity index (χ1v) is 9.37. The van der Waals surface area contributed by atoms with Gasteiger partial charge in [-0.1, -0.05) is 19.8 Å². The van der Waals surface area contributed by atoms with Crippen LogP contribution in [0.15, 0.2) is 11.1 Å². The van der Waals surface area contributed by atoms with Gasteiger partial charge in [0.05, 0.1) is 18.8 Å². The Labute approximate surface area is 124 Å². The highest BCUT2D eigenvalue weighted by Gasteiger charge is 2.25. The van der Waals surface area contributed by atoms with Crippen molar-refractivity contribution in [3.63, 3.8) is 0 Å². The Kier molecular flexibility index (Phi) is 5.09. The molecule has 0 amide bonds. The van der Waals surface area contributed by atoms with Crippen LogP contribution in [-0.4, -0.2) is 24.3 Å². The van der Waals surface area contributed by atoms with Gasteiger partial charge in [-0.3, -0.25) is 4.68 Å². The molecule has 7 heteroatoms. The molecular formula is C13H21ClN2O3S. The van der Waals surface area contributed by atoms with Crippen molar-refractivity contribution in [2.75, 3.05) is 0 Å². The number of rotatable bonds is 6. The molecule has 1 heterocycles. The molecule has 0 spiro atoms. The maximum Gasteiger partial charge on any atom is 0.264 e. The molecule has 1 fully saturated rings. The number of aromatic nitrogens is 2. The lowest BCUT2D eigenvalue weighted by Crippen LogP contribution is -2.09. The SMILES string of the molecule is CC[C@H](C)OCc1nn(C2CCCC2)cc1S(=O)(=O)Cl. The first-order valence-electron chi connectivity index (χ1n) is 7.06. The van der Waals surface area contributed by atoms with Gasteiger partial charge in [0.2, 0.25) is 0 Å². The van der Waals surface area contributed by atoms with Crippen molar-refractivity contribution in [3.8, 4) is 0 Å². The maximum absolute atomic E-state index is 11.7. The van der Waals surface area contributed by atoms with E-state index in [0.717, 1.165) is 32.1 Å². The Morgan fingerprint density at radius 1 is 1.50 bits per heavy atom. The standard InChI is InChI=1S/C13H21ClN2O3S/c1-3-10(2)19-9-12-13(20(14,17)18)8-16(15-12)11-6-4-5-7-11/h8,10-11H,3-7,9H2,1-2H3/t10-/m0/s1. The molecule has 1 atom stereocenters. The minimum absolute atomic E-state index is 0.0671. The molecule has 1 aliphatic carbocycles. The summed E-state index contributed by atoms with van der Waals surface area (Å²) in [6, 6.07) is 0.282. The fraction of sp³-hybridized carbons (Fsp3) is 0.769. The average molecular weight is 321 g/mol. The van der Waals surface area contributed by atoms with Gasteiger partial charge in [0.1, 0.15) is 10.6 Å². The van der Waals surface area contributed by atoms with Gasteiger partial charge in [0, 0.05) is 16.9 Å². The molecule has 1 aromatic rings. The molecular weight excluding hydrogens is 300 g/mol. The van der Waals surface area contributed by atoms with Crippen LogP contribution in [0.2, 0.25) is 0 Å². The van der Waals surface area contributed by atoms with Crippen LogP contribution in [0.25, 0.3) is 0 Å². The quantitative estimate of drug-likeness (QED) is 0.755. The van der Waals surface area contributed by atoms with E-state index in [2.05, 4.69) is 5.10 Å². The third-order valence-corrected chi connectivity index (χ3v) is 5.18. The maximum atomic E-state index is 11.7. The van der Waals surface area contributed by atoms with Crippen LogP contribution in [0.3, 0.4) is 0 Å². The summed E-state index contributed by atoms with van der Waals surface area (Å²) < 4.78 is 30.6. The molecule has 114 valence electrons. The van der Waals surface area contributed by atoms with Gasteiger partial charge in [-0.15, -0.1) is 0 Å². The van der Waals surface area contributed by atoms with E-state index < -0.39 is 9.05 Å². The molecule has 0 N–H and O–H groups in total. The molecule has 0 saturated heterocycles. The van der Waals surface area contributed by atoms with Crippen molar-refractivity contribution in [1.82, 2.24) is 9.78 Å². The van der Waals surface area contributed by atoms with Gasteiger partial charge in [0.25, 0.3) is 9.05 Å². The van der Waals surface area contributed by atoms with Crippen molar-refractivity contribution in [1.29, 1.82) is 0 Å². The molecule has 2 rings (SSSR count). The molecule has 1 saturated carbocycles. The zero-order valence-corrected chi connectivity index (χ0v) is 13.5. The van der Waals surface area contributed by atoms with Gasteiger partial charge < -0.3 is 4.74 Å². The molecule has 1 aromatic heterocycles. The van der Waals surface area contributed by atoms with E-state index in [1.807, 2.05) is 13.8 Å². The fourth-order valence-electron chi connectivity index (χ4n) is 2.41. The largest absolute Gasteiger partial charge is 0.372 e. The highest BCUT2D eigenvalue weighted by molar-refractivity contribution is 8.13. The smallest absolute Gasteiger partial charge is 0.264 e. The molecule has 20 heavy (non-hydrogen) atoms. The van der Waals surface area contributed by atoms with E-state index in [-0.39, 0.29) is 23.6 Å². The van der Waals surface area contributed by atoms with E-state index in [1.165, 1.54) is 0 Å². The monoisotopic (exact) mass is 320 g/mol. The first kappa shape index (κ1) is 15.8. The van der Waals surface area contributed by atoms with E-state index in [4.69, 9.17) is 15.4 Å². The van der Waals surface area contributed by atoms with Gasteiger partial charge in [-0.25, -0.2) is 8.42 Å². The predicted molar refractivity (Wildman–Crippen MR) is 77.3 cm³/mol. The third-order valence-electron chi connectivity index (χ3n) is 3.81. The summed E-state index contributed by atoms with van der Waals surface area (Å²) in [6.45, 7) is 4.14. The zero-order chi connectivity index (χ0) is 14.8. The van der Waals surface area contributed by atoms with Gasteiger partial charge >= 0.3 is 0 Å². The Morgan fingerprint density at radius 3 is 2.70 bits per heavy atom. The molecule has 0 bridgehead atoms. The summed E-state index contributed by atoms with van der Waals surface area (Å²) in [7, 11) is 1.71. The van der Waals surface area contributed by atoms with Crippen molar-refractivity contribution in [3.05, 3.63) is 11.9 Å². The summed E-state index contributed by atoms with van der Waals surface area (Å²) in [6.07, 6.45) is 6.88. The fourth-order valence-corrected chi connectivity index (χ4v) is 3.41. The van der Waals surface area contributed by atoms with Crippen LogP contribution in [0.4, 0.5) is 0 Å². The Morgan fingerprint density at radius 2 is 2.15 bits per heavy atom. The number of nitrogens with zero attached hydrogens (tertiary/aromatic N) is 2. The second kappa shape index (κ2) is 6.45.